The van der Waals surface area contributed by atoms with Crippen LogP contribution in [0.5, 0.6) is 5.75 Å². The number of anilines is 2. The van der Waals surface area contributed by atoms with Crippen molar-refractivity contribution in [3.8, 4) is 5.75 Å². The first-order valence-corrected chi connectivity index (χ1v) is 8.93. The number of methoxy groups -OCH3 is 1. The Morgan fingerprint density at radius 1 is 1.16 bits per heavy atom. The number of carbonyl (C=O) groups is 1. The second-order valence-corrected chi connectivity index (χ2v) is 7.02. The van der Waals surface area contributed by atoms with Gasteiger partial charge in [0, 0.05) is 6.07 Å². The number of carbonyl (C=O) groups excluding carboxylic acids is 1. The van der Waals surface area contributed by atoms with Gasteiger partial charge in [0.15, 0.2) is 0 Å². The molecule has 1 N–H and O–H groups in total. The second kappa shape index (κ2) is 7.47. The fourth-order valence-electron chi connectivity index (χ4n) is 2.09. The van der Waals surface area contributed by atoms with E-state index < -0.39 is 39.8 Å². The molecule has 2 aromatic rings. The Kier molecular flexibility index (Phi) is 5.58. The molecule has 25 heavy (non-hydrogen) atoms. The molecule has 0 bridgehead atoms. The van der Waals surface area contributed by atoms with Crippen molar-refractivity contribution in [2.75, 3.05) is 29.5 Å². The van der Waals surface area contributed by atoms with Gasteiger partial charge in [0.05, 0.1) is 19.1 Å². The molecule has 2 rings (SSSR count). The van der Waals surface area contributed by atoms with Crippen molar-refractivity contribution in [2.45, 2.75) is 0 Å². The largest absolute Gasteiger partial charge is 0.497 e. The van der Waals surface area contributed by atoms with Crippen molar-refractivity contribution < 1.29 is 26.7 Å². The number of sulfonamides is 1. The first kappa shape index (κ1) is 18.7. The fourth-order valence-corrected chi connectivity index (χ4v) is 2.94. The summed E-state index contributed by atoms with van der Waals surface area (Å²) in [6.07, 6.45) is 0.920. The first-order valence-electron chi connectivity index (χ1n) is 7.08. The minimum absolute atomic E-state index is 0.186. The van der Waals surface area contributed by atoms with Crippen LogP contribution < -0.4 is 14.4 Å². The van der Waals surface area contributed by atoms with Crippen molar-refractivity contribution in [1.82, 2.24) is 0 Å². The average Bonchev–Trinajstić information content (AvgIpc) is 2.55. The van der Waals surface area contributed by atoms with E-state index in [1.54, 1.807) is 12.1 Å². The van der Waals surface area contributed by atoms with Gasteiger partial charge in [-0.05, 0) is 24.3 Å². The molecule has 0 atom stereocenters. The number of halogens is 2. The van der Waals surface area contributed by atoms with Crippen molar-refractivity contribution in [1.29, 1.82) is 0 Å². The van der Waals surface area contributed by atoms with Crippen molar-refractivity contribution in [3.63, 3.8) is 0 Å². The van der Waals surface area contributed by atoms with Gasteiger partial charge in [-0.2, -0.15) is 0 Å². The molecule has 2 aromatic carbocycles. The number of amides is 1. The van der Waals surface area contributed by atoms with E-state index >= 15 is 0 Å². The highest BCUT2D eigenvalue weighted by molar-refractivity contribution is 7.92. The van der Waals surface area contributed by atoms with E-state index in [0.29, 0.717) is 5.75 Å². The zero-order valence-corrected chi connectivity index (χ0v) is 14.3. The molecular weight excluding hydrogens is 354 g/mol. The zero-order chi connectivity index (χ0) is 18.6. The third kappa shape index (κ3) is 4.66. The molecule has 0 aromatic heterocycles. The summed E-state index contributed by atoms with van der Waals surface area (Å²) in [4.78, 5) is 12.1. The molecule has 6 nitrogen and oxygen atoms in total. The van der Waals surface area contributed by atoms with Gasteiger partial charge < -0.3 is 10.1 Å². The highest BCUT2D eigenvalue weighted by Gasteiger charge is 2.22. The maximum Gasteiger partial charge on any atom is 0.245 e. The molecule has 0 aliphatic rings. The maximum absolute atomic E-state index is 13.6. The first-order chi connectivity index (χ1) is 11.7. The second-order valence-electron chi connectivity index (χ2n) is 5.12. The lowest BCUT2D eigenvalue weighted by Crippen LogP contribution is -2.37. The van der Waals surface area contributed by atoms with Gasteiger partial charge in [0.2, 0.25) is 15.9 Å². The van der Waals surface area contributed by atoms with Crippen LogP contribution in [0.1, 0.15) is 0 Å². The Morgan fingerprint density at radius 2 is 1.76 bits per heavy atom. The standard InChI is InChI=1S/C16H16F2N2O4S/c1-24-12-6-3-5-11(9-12)20(25(2,22)23)10-15(21)19-16-13(17)7-4-8-14(16)18/h3-9H,10H2,1-2H3,(H,19,21). The lowest BCUT2D eigenvalue weighted by molar-refractivity contribution is -0.114. The van der Waals surface area contributed by atoms with Crippen LogP contribution in [-0.4, -0.2) is 34.2 Å². The van der Waals surface area contributed by atoms with Gasteiger partial charge >= 0.3 is 0 Å². The van der Waals surface area contributed by atoms with Gasteiger partial charge in [-0.15, -0.1) is 0 Å². The molecule has 0 aliphatic carbocycles. The molecular formula is C16H16F2N2O4S. The smallest absolute Gasteiger partial charge is 0.245 e. The van der Waals surface area contributed by atoms with Crippen LogP contribution in [0.15, 0.2) is 42.5 Å². The lowest BCUT2D eigenvalue weighted by Gasteiger charge is -2.22. The van der Waals surface area contributed by atoms with E-state index in [0.717, 1.165) is 28.8 Å². The minimum Gasteiger partial charge on any atom is -0.497 e. The van der Waals surface area contributed by atoms with E-state index in [4.69, 9.17) is 4.74 Å². The van der Waals surface area contributed by atoms with E-state index in [2.05, 4.69) is 5.32 Å². The zero-order valence-electron chi connectivity index (χ0n) is 13.5. The Morgan fingerprint density at radius 3 is 2.32 bits per heavy atom. The number of nitrogens with zero attached hydrogens (tertiary/aromatic N) is 1. The van der Waals surface area contributed by atoms with Gasteiger partial charge in [-0.3, -0.25) is 9.10 Å². The average molecular weight is 370 g/mol. The van der Waals surface area contributed by atoms with Gasteiger partial charge in [0.25, 0.3) is 0 Å². The molecule has 0 heterocycles. The van der Waals surface area contributed by atoms with E-state index in [1.807, 2.05) is 0 Å². The highest BCUT2D eigenvalue weighted by Crippen LogP contribution is 2.23. The Labute approximate surface area is 144 Å². The summed E-state index contributed by atoms with van der Waals surface area (Å²) in [7, 11) is -2.41. The molecule has 0 saturated carbocycles. The normalized spacial score (nSPS) is 11.0. The van der Waals surface area contributed by atoms with E-state index in [9.17, 15) is 22.0 Å². The number of para-hydroxylation sites is 1. The summed E-state index contributed by atoms with van der Waals surface area (Å²) >= 11 is 0. The monoisotopic (exact) mass is 370 g/mol. The van der Waals surface area contributed by atoms with Crippen LogP contribution >= 0.6 is 0 Å². The molecule has 0 saturated heterocycles. The van der Waals surface area contributed by atoms with Crippen LogP contribution in [0, 0.1) is 11.6 Å². The summed E-state index contributed by atoms with van der Waals surface area (Å²) in [5, 5.41) is 2.05. The molecule has 1 amide bonds. The quantitative estimate of drug-likeness (QED) is 0.847. The minimum atomic E-state index is -3.82. The van der Waals surface area contributed by atoms with Gasteiger partial charge in [0.1, 0.15) is 29.6 Å². The Bertz CT molecular complexity index is 867. The molecule has 0 spiro atoms. The van der Waals surface area contributed by atoms with Crippen LogP contribution in [-0.2, 0) is 14.8 Å². The number of nitrogens with one attached hydrogen (secondary N) is 1. The lowest BCUT2D eigenvalue weighted by atomic mass is 10.3. The Balaban J connectivity index is 2.27. The molecule has 0 fully saturated rings. The predicted molar refractivity (Wildman–Crippen MR) is 90.2 cm³/mol. The van der Waals surface area contributed by atoms with Crippen molar-refractivity contribution in [2.24, 2.45) is 0 Å². The van der Waals surface area contributed by atoms with Gasteiger partial charge in [-0.25, -0.2) is 17.2 Å². The van der Waals surface area contributed by atoms with E-state index in [1.165, 1.54) is 19.2 Å². The van der Waals surface area contributed by atoms with Crippen molar-refractivity contribution in [3.05, 3.63) is 54.1 Å². The molecule has 134 valence electrons. The van der Waals surface area contributed by atoms with Gasteiger partial charge in [-0.1, -0.05) is 12.1 Å². The summed E-state index contributed by atoms with van der Waals surface area (Å²) in [5.41, 5.74) is -0.447. The number of hydrogen-bond acceptors (Lipinski definition) is 4. The summed E-state index contributed by atoms with van der Waals surface area (Å²) in [6.45, 7) is -0.653. The van der Waals surface area contributed by atoms with E-state index in [-0.39, 0.29) is 5.69 Å². The number of hydrogen-bond donors (Lipinski definition) is 1. The third-order valence-electron chi connectivity index (χ3n) is 3.26. The highest BCUT2D eigenvalue weighted by atomic mass is 32.2. The SMILES string of the molecule is COc1cccc(N(CC(=O)Nc2c(F)cccc2F)S(C)(=O)=O)c1. The van der Waals surface area contributed by atoms with Crippen LogP contribution in [0.25, 0.3) is 0 Å². The third-order valence-corrected chi connectivity index (χ3v) is 4.40. The van der Waals surface area contributed by atoms with Crippen LogP contribution in [0.2, 0.25) is 0 Å². The Hall–Kier alpha value is -2.68. The summed E-state index contributed by atoms with van der Waals surface area (Å²) < 4.78 is 57.1. The maximum atomic E-state index is 13.6. The number of ether oxygens (including phenoxy) is 1. The molecule has 0 radical (unpaired) electrons. The summed E-state index contributed by atoms with van der Waals surface area (Å²) in [5.74, 6) is -2.41. The predicted octanol–water partition coefficient (Wildman–Crippen LogP) is 2.38. The fraction of sp³-hybridized carbons (Fsp3) is 0.188. The molecule has 0 unspecified atom stereocenters. The number of rotatable bonds is 6. The van der Waals surface area contributed by atoms with Crippen LogP contribution in [0.4, 0.5) is 20.2 Å². The molecule has 9 heteroatoms. The summed E-state index contributed by atoms with van der Waals surface area (Å²) in [6, 6.07) is 9.18. The topological polar surface area (TPSA) is 75.7 Å². The van der Waals surface area contributed by atoms with Crippen molar-refractivity contribution >= 4 is 27.3 Å². The molecule has 0 aliphatic heterocycles. The number of benzene rings is 2. The van der Waals surface area contributed by atoms with Crippen LogP contribution in [0.3, 0.4) is 0 Å².